The standard InChI is InChI=1S/C16H20N4O2/c1-11-9-17-6-3-15(11)22-13-4-7-20(8-5-13)16(21)14-10-18-19-12(14)2/h3,6,9-10,13H,4-5,7-8H2,1-2H3,(H,18,19). The summed E-state index contributed by atoms with van der Waals surface area (Å²) in [5, 5.41) is 6.72. The molecule has 6 nitrogen and oxygen atoms in total. The number of ether oxygens (including phenoxy) is 1. The summed E-state index contributed by atoms with van der Waals surface area (Å²) in [5.74, 6) is 0.926. The highest BCUT2D eigenvalue weighted by Gasteiger charge is 2.26. The maximum absolute atomic E-state index is 12.4. The molecule has 0 atom stereocenters. The maximum atomic E-state index is 12.4. The molecule has 1 saturated heterocycles. The maximum Gasteiger partial charge on any atom is 0.257 e. The van der Waals surface area contributed by atoms with Gasteiger partial charge in [-0.05, 0) is 19.9 Å². The normalized spacial score (nSPS) is 15.8. The van der Waals surface area contributed by atoms with Crippen molar-refractivity contribution >= 4 is 5.91 Å². The highest BCUT2D eigenvalue weighted by atomic mass is 16.5. The molecule has 3 rings (SSSR count). The van der Waals surface area contributed by atoms with Gasteiger partial charge in [0, 0.05) is 49.6 Å². The third-order valence-corrected chi connectivity index (χ3v) is 4.05. The molecule has 1 N–H and O–H groups in total. The number of piperidine rings is 1. The van der Waals surface area contributed by atoms with Crippen molar-refractivity contribution in [2.45, 2.75) is 32.8 Å². The zero-order chi connectivity index (χ0) is 15.5. The molecule has 0 unspecified atom stereocenters. The highest BCUT2D eigenvalue weighted by Crippen LogP contribution is 2.22. The largest absolute Gasteiger partial charge is 0.490 e. The number of aromatic nitrogens is 3. The molecule has 116 valence electrons. The summed E-state index contributed by atoms with van der Waals surface area (Å²) in [6.07, 6.45) is 6.96. The number of carbonyl (C=O) groups excluding carboxylic acids is 1. The van der Waals surface area contributed by atoms with Crippen LogP contribution in [0.2, 0.25) is 0 Å². The Bertz CT molecular complexity index is 660. The number of hydrogen-bond donors (Lipinski definition) is 1. The number of nitrogens with zero attached hydrogens (tertiary/aromatic N) is 3. The Morgan fingerprint density at radius 2 is 2.09 bits per heavy atom. The first kappa shape index (κ1) is 14.6. The van der Waals surface area contributed by atoms with Gasteiger partial charge in [0.15, 0.2) is 0 Å². The van der Waals surface area contributed by atoms with Crippen molar-refractivity contribution in [2.24, 2.45) is 0 Å². The average Bonchev–Trinajstić information content (AvgIpc) is 2.96. The third kappa shape index (κ3) is 2.95. The smallest absolute Gasteiger partial charge is 0.257 e. The van der Waals surface area contributed by atoms with Crippen LogP contribution in [0.5, 0.6) is 5.75 Å². The SMILES string of the molecule is Cc1cnccc1OC1CCN(C(=O)c2cn[nH]c2C)CC1. The van der Waals surface area contributed by atoms with Crippen molar-refractivity contribution in [3.63, 3.8) is 0 Å². The molecular formula is C16H20N4O2. The molecule has 1 aliphatic rings. The van der Waals surface area contributed by atoms with Crippen molar-refractivity contribution in [1.29, 1.82) is 0 Å². The summed E-state index contributed by atoms with van der Waals surface area (Å²) < 4.78 is 6.03. The number of carbonyl (C=O) groups is 1. The van der Waals surface area contributed by atoms with E-state index in [1.54, 1.807) is 18.6 Å². The first-order valence-corrected chi connectivity index (χ1v) is 7.51. The number of amides is 1. The van der Waals surface area contributed by atoms with E-state index in [-0.39, 0.29) is 12.0 Å². The number of nitrogens with one attached hydrogen (secondary N) is 1. The Labute approximate surface area is 129 Å². The van der Waals surface area contributed by atoms with Crippen LogP contribution in [0.1, 0.15) is 34.5 Å². The van der Waals surface area contributed by atoms with Crippen molar-refractivity contribution in [3.05, 3.63) is 41.5 Å². The van der Waals surface area contributed by atoms with Crippen LogP contribution in [0.4, 0.5) is 0 Å². The lowest BCUT2D eigenvalue weighted by molar-refractivity contribution is 0.0593. The Kier molecular flexibility index (Phi) is 4.09. The van der Waals surface area contributed by atoms with E-state index < -0.39 is 0 Å². The van der Waals surface area contributed by atoms with E-state index in [2.05, 4.69) is 15.2 Å². The predicted octanol–water partition coefficient (Wildman–Crippen LogP) is 2.11. The minimum absolute atomic E-state index is 0.0461. The van der Waals surface area contributed by atoms with Crippen molar-refractivity contribution in [2.75, 3.05) is 13.1 Å². The minimum atomic E-state index is 0.0461. The highest BCUT2D eigenvalue weighted by molar-refractivity contribution is 5.95. The number of likely N-dealkylation sites (tertiary alicyclic amines) is 1. The number of rotatable bonds is 3. The molecule has 1 fully saturated rings. The Hall–Kier alpha value is -2.37. The van der Waals surface area contributed by atoms with Crippen molar-refractivity contribution < 1.29 is 9.53 Å². The number of aromatic amines is 1. The van der Waals surface area contributed by atoms with Gasteiger partial charge in [0.1, 0.15) is 11.9 Å². The van der Waals surface area contributed by atoms with E-state index in [1.807, 2.05) is 24.8 Å². The van der Waals surface area contributed by atoms with Gasteiger partial charge in [0.05, 0.1) is 11.8 Å². The van der Waals surface area contributed by atoms with E-state index in [0.29, 0.717) is 18.7 Å². The first-order valence-electron chi connectivity index (χ1n) is 7.51. The summed E-state index contributed by atoms with van der Waals surface area (Å²) >= 11 is 0. The number of aryl methyl sites for hydroxylation is 2. The van der Waals surface area contributed by atoms with E-state index in [4.69, 9.17) is 4.74 Å². The lowest BCUT2D eigenvalue weighted by atomic mass is 10.1. The molecule has 0 bridgehead atoms. The topological polar surface area (TPSA) is 71.1 Å². The van der Waals surface area contributed by atoms with Gasteiger partial charge in [-0.25, -0.2) is 0 Å². The molecule has 2 aromatic heterocycles. The van der Waals surface area contributed by atoms with Crippen LogP contribution in [0.3, 0.4) is 0 Å². The monoisotopic (exact) mass is 300 g/mol. The molecule has 0 aromatic carbocycles. The predicted molar refractivity (Wildman–Crippen MR) is 81.9 cm³/mol. The Morgan fingerprint density at radius 1 is 1.32 bits per heavy atom. The van der Waals surface area contributed by atoms with E-state index in [0.717, 1.165) is 29.8 Å². The number of pyridine rings is 1. The van der Waals surface area contributed by atoms with Gasteiger partial charge in [-0.15, -0.1) is 0 Å². The fourth-order valence-electron chi connectivity index (χ4n) is 2.69. The van der Waals surface area contributed by atoms with Crippen LogP contribution in [0, 0.1) is 13.8 Å². The molecule has 6 heteroatoms. The van der Waals surface area contributed by atoms with Crippen LogP contribution >= 0.6 is 0 Å². The zero-order valence-electron chi connectivity index (χ0n) is 12.9. The molecule has 3 heterocycles. The molecule has 0 radical (unpaired) electrons. The summed E-state index contributed by atoms with van der Waals surface area (Å²) in [6.45, 7) is 5.27. The van der Waals surface area contributed by atoms with Crippen LogP contribution in [0.25, 0.3) is 0 Å². The van der Waals surface area contributed by atoms with Crippen LogP contribution in [0.15, 0.2) is 24.7 Å². The van der Waals surface area contributed by atoms with Gasteiger partial charge >= 0.3 is 0 Å². The van der Waals surface area contributed by atoms with E-state index >= 15 is 0 Å². The zero-order valence-corrected chi connectivity index (χ0v) is 12.9. The fraction of sp³-hybridized carbons (Fsp3) is 0.438. The molecule has 0 spiro atoms. The average molecular weight is 300 g/mol. The van der Waals surface area contributed by atoms with Gasteiger partial charge in [0.25, 0.3) is 5.91 Å². The summed E-state index contributed by atoms with van der Waals surface area (Å²) in [7, 11) is 0. The molecule has 1 amide bonds. The van der Waals surface area contributed by atoms with Gasteiger partial charge < -0.3 is 9.64 Å². The van der Waals surface area contributed by atoms with E-state index in [1.165, 1.54) is 0 Å². The Balaban J connectivity index is 1.58. The molecule has 0 aliphatic carbocycles. The van der Waals surface area contributed by atoms with Gasteiger partial charge in [-0.1, -0.05) is 0 Å². The third-order valence-electron chi connectivity index (χ3n) is 4.05. The van der Waals surface area contributed by atoms with Crippen LogP contribution in [-0.2, 0) is 0 Å². The van der Waals surface area contributed by atoms with Gasteiger partial charge in [-0.2, -0.15) is 5.10 Å². The summed E-state index contributed by atoms with van der Waals surface area (Å²) in [4.78, 5) is 18.4. The second-order valence-corrected chi connectivity index (χ2v) is 5.66. The van der Waals surface area contributed by atoms with Gasteiger partial charge in [0.2, 0.25) is 0 Å². The lowest BCUT2D eigenvalue weighted by Crippen LogP contribution is -2.41. The molecule has 0 saturated carbocycles. The molecular weight excluding hydrogens is 280 g/mol. The molecule has 2 aromatic rings. The number of H-pyrrole nitrogens is 1. The lowest BCUT2D eigenvalue weighted by Gasteiger charge is -2.32. The summed E-state index contributed by atoms with van der Waals surface area (Å²) in [6, 6.07) is 1.89. The second-order valence-electron chi connectivity index (χ2n) is 5.66. The van der Waals surface area contributed by atoms with E-state index in [9.17, 15) is 4.79 Å². The quantitative estimate of drug-likeness (QED) is 0.942. The van der Waals surface area contributed by atoms with Crippen LogP contribution < -0.4 is 4.74 Å². The Morgan fingerprint density at radius 3 is 2.73 bits per heavy atom. The summed E-state index contributed by atoms with van der Waals surface area (Å²) in [5.41, 5.74) is 2.51. The molecule has 22 heavy (non-hydrogen) atoms. The van der Waals surface area contributed by atoms with Crippen molar-refractivity contribution in [3.8, 4) is 5.75 Å². The minimum Gasteiger partial charge on any atom is -0.490 e. The van der Waals surface area contributed by atoms with Crippen molar-refractivity contribution in [1.82, 2.24) is 20.1 Å². The number of hydrogen-bond acceptors (Lipinski definition) is 4. The van der Waals surface area contributed by atoms with Crippen LogP contribution in [-0.4, -0.2) is 45.2 Å². The first-order chi connectivity index (χ1) is 10.6. The fourth-order valence-corrected chi connectivity index (χ4v) is 2.69. The molecule has 1 aliphatic heterocycles. The van der Waals surface area contributed by atoms with Gasteiger partial charge in [-0.3, -0.25) is 14.9 Å². The second kappa shape index (κ2) is 6.17.